The summed E-state index contributed by atoms with van der Waals surface area (Å²) in [6.07, 6.45) is 9.82. The van der Waals surface area contributed by atoms with Crippen LogP contribution in [0.4, 0.5) is 0 Å². The molecule has 0 aliphatic carbocycles. The number of unbranched alkanes of at least 4 members (excludes halogenated alkanes) is 8. The summed E-state index contributed by atoms with van der Waals surface area (Å²) in [6.45, 7) is 2.62. The van der Waals surface area contributed by atoms with Crippen molar-refractivity contribution in [3.05, 3.63) is 29.8 Å². The van der Waals surface area contributed by atoms with Crippen molar-refractivity contribution < 1.29 is 44.0 Å². The van der Waals surface area contributed by atoms with Crippen molar-refractivity contribution in [2.75, 3.05) is 13.2 Å². The fraction of sp³-hybridized carbons (Fsp3) is 0.633. The number of ether oxygens (including phenoxy) is 1. The van der Waals surface area contributed by atoms with Gasteiger partial charge in [0.2, 0.25) is 11.8 Å². The maximum Gasteiger partial charge on any atom is 0.335 e. The SMILES string of the molecule is C[C@@H](CCCCNC(=O)CC[C@H](NC(=O)CCCCCCCCCCOc1ccc(C(=O)O)cc1)C(=O)O)C(=O)O. The molecule has 0 fully saturated rings. The van der Waals surface area contributed by atoms with Gasteiger partial charge in [-0.3, -0.25) is 14.4 Å². The highest BCUT2D eigenvalue weighted by Gasteiger charge is 2.20. The summed E-state index contributed by atoms with van der Waals surface area (Å²) in [4.78, 5) is 57.3. The molecule has 0 saturated heterocycles. The van der Waals surface area contributed by atoms with Gasteiger partial charge in [-0.25, -0.2) is 9.59 Å². The number of rotatable bonds is 24. The van der Waals surface area contributed by atoms with E-state index >= 15 is 0 Å². The third-order valence-corrected chi connectivity index (χ3v) is 6.77. The second-order valence-electron chi connectivity index (χ2n) is 10.3. The lowest BCUT2D eigenvalue weighted by Gasteiger charge is -2.14. The topological polar surface area (TPSA) is 179 Å². The summed E-state index contributed by atoms with van der Waals surface area (Å²) in [5.74, 6) is -3.36. The van der Waals surface area contributed by atoms with Crippen molar-refractivity contribution in [2.45, 2.75) is 103 Å². The molecule has 2 amide bonds. The fourth-order valence-corrected chi connectivity index (χ4v) is 4.15. The molecule has 11 nitrogen and oxygen atoms in total. The first-order chi connectivity index (χ1) is 19.6. The van der Waals surface area contributed by atoms with Crippen LogP contribution in [-0.2, 0) is 19.2 Å². The van der Waals surface area contributed by atoms with Gasteiger partial charge in [0, 0.05) is 19.4 Å². The van der Waals surface area contributed by atoms with Gasteiger partial charge in [0.25, 0.3) is 0 Å². The van der Waals surface area contributed by atoms with Gasteiger partial charge in [-0.2, -0.15) is 0 Å². The molecule has 1 rings (SSSR count). The van der Waals surface area contributed by atoms with E-state index in [1.54, 1.807) is 19.1 Å². The van der Waals surface area contributed by atoms with Crippen molar-refractivity contribution in [3.8, 4) is 5.75 Å². The van der Waals surface area contributed by atoms with E-state index in [1.807, 2.05) is 0 Å². The van der Waals surface area contributed by atoms with Gasteiger partial charge in [-0.1, -0.05) is 51.9 Å². The second kappa shape index (κ2) is 21.2. The Bertz CT molecular complexity index is 950. The van der Waals surface area contributed by atoms with Crippen molar-refractivity contribution >= 4 is 29.7 Å². The third-order valence-electron chi connectivity index (χ3n) is 6.77. The molecular weight excluding hydrogens is 532 g/mol. The molecule has 0 radical (unpaired) electrons. The first-order valence-electron chi connectivity index (χ1n) is 14.6. The van der Waals surface area contributed by atoms with E-state index in [-0.39, 0.29) is 36.6 Å². The predicted octanol–water partition coefficient (Wildman–Crippen LogP) is 4.63. The fourth-order valence-electron chi connectivity index (χ4n) is 4.15. The molecule has 0 aliphatic heterocycles. The van der Waals surface area contributed by atoms with Crippen molar-refractivity contribution in [2.24, 2.45) is 5.92 Å². The number of benzene rings is 1. The van der Waals surface area contributed by atoms with Crippen LogP contribution in [0.2, 0.25) is 0 Å². The lowest BCUT2D eigenvalue weighted by molar-refractivity contribution is -0.142. The maximum absolute atomic E-state index is 12.2. The minimum Gasteiger partial charge on any atom is -0.494 e. The van der Waals surface area contributed by atoms with E-state index in [2.05, 4.69) is 10.6 Å². The van der Waals surface area contributed by atoms with Crippen molar-refractivity contribution in [1.82, 2.24) is 10.6 Å². The van der Waals surface area contributed by atoms with E-state index in [0.29, 0.717) is 44.6 Å². The highest BCUT2D eigenvalue weighted by Crippen LogP contribution is 2.14. The zero-order chi connectivity index (χ0) is 30.5. The molecule has 0 heterocycles. The summed E-state index contributed by atoms with van der Waals surface area (Å²) >= 11 is 0. The second-order valence-corrected chi connectivity index (χ2v) is 10.3. The number of carboxylic acid groups (broad SMARTS) is 3. The Morgan fingerprint density at radius 3 is 1.90 bits per heavy atom. The highest BCUT2D eigenvalue weighted by molar-refractivity contribution is 5.87. The molecule has 41 heavy (non-hydrogen) atoms. The molecule has 0 spiro atoms. The molecule has 0 unspecified atom stereocenters. The molecular formula is C30H46N2O9. The molecule has 5 N–H and O–H groups in total. The number of aromatic carboxylic acids is 1. The quantitative estimate of drug-likeness (QED) is 0.109. The minimum atomic E-state index is -1.17. The average Bonchev–Trinajstić information content (AvgIpc) is 2.93. The summed E-state index contributed by atoms with van der Waals surface area (Å²) in [5.41, 5.74) is 0.231. The van der Waals surface area contributed by atoms with Crippen LogP contribution in [0, 0.1) is 5.92 Å². The van der Waals surface area contributed by atoms with Gasteiger partial charge in [0.15, 0.2) is 0 Å². The zero-order valence-corrected chi connectivity index (χ0v) is 24.1. The minimum absolute atomic E-state index is 0.00496. The van der Waals surface area contributed by atoms with Gasteiger partial charge < -0.3 is 30.7 Å². The molecule has 0 aromatic heterocycles. The van der Waals surface area contributed by atoms with E-state index in [9.17, 15) is 29.1 Å². The number of carboxylic acids is 3. The summed E-state index contributed by atoms with van der Waals surface area (Å²) in [6, 6.07) is 5.24. The van der Waals surface area contributed by atoms with Crippen LogP contribution in [0.1, 0.15) is 107 Å². The van der Waals surface area contributed by atoms with Gasteiger partial charge in [0.1, 0.15) is 11.8 Å². The summed E-state index contributed by atoms with van der Waals surface area (Å²) in [5, 5.41) is 32.4. The Balaban J connectivity index is 2.04. The Labute approximate surface area is 242 Å². The highest BCUT2D eigenvalue weighted by atomic mass is 16.5. The van der Waals surface area contributed by atoms with E-state index < -0.39 is 29.9 Å². The van der Waals surface area contributed by atoms with Gasteiger partial charge >= 0.3 is 17.9 Å². The first-order valence-corrected chi connectivity index (χ1v) is 14.6. The lowest BCUT2D eigenvalue weighted by Crippen LogP contribution is -2.41. The van der Waals surface area contributed by atoms with Crippen molar-refractivity contribution in [1.29, 1.82) is 0 Å². The van der Waals surface area contributed by atoms with Gasteiger partial charge in [-0.05, 0) is 56.4 Å². The average molecular weight is 579 g/mol. The molecule has 230 valence electrons. The Morgan fingerprint density at radius 1 is 0.707 bits per heavy atom. The number of amides is 2. The monoisotopic (exact) mass is 578 g/mol. The van der Waals surface area contributed by atoms with Crippen LogP contribution in [0.15, 0.2) is 24.3 Å². The molecule has 11 heteroatoms. The predicted molar refractivity (Wildman–Crippen MR) is 153 cm³/mol. The van der Waals surface area contributed by atoms with Crippen LogP contribution in [0.25, 0.3) is 0 Å². The van der Waals surface area contributed by atoms with Gasteiger partial charge in [-0.15, -0.1) is 0 Å². The largest absolute Gasteiger partial charge is 0.494 e. The summed E-state index contributed by atoms with van der Waals surface area (Å²) < 4.78 is 5.63. The number of carbonyl (C=O) groups excluding carboxylic acids is 2. The van der Waals surface area contributed by atoms with E-state index in [4.69, 9.17) is 14.9 Å². The normalized spacial score (nSPS) is 12.2. The first kappa shape index (κ1) is 35.4. The van der Waals surface area contributed by atoms with Crippen LogP contribution >= 0.6 is 0 Å². The number of hydrogen-bond donors (Lipinski definition) is 5. The molecule has 1 aromatic rings. The van der Waals surface area contributed by atoms with E-state index in [1.165, 1.54) is 12.1 Å². The van der Waals surface area contributed by atoms with E-state index in [0.717, 1.165) is 44.9 Å². The van der Waals surface area contributed by atoms with Crippen molar-refractivity contribution in [3.63, 3.8) is 0 Å². The lowest BCUT2D eigenvalue weighted by atomic mass is 10.0. The van der Waals surface area contributed by atoms with Crippen LogP contribution in [0.5, 0.6) is 5.75 Å². The third kappa shape index (κ3) is 17.6. The number of nitrogens with one attached hydrogen (secondary N) is 2. The molecule has 0 aliphatic rings. The zero-order valence-electron chi connectivity index (χ0n) is 24.1. The Hall–Kier alpha value is -3.63. The Kier molecular flexibility index (Phi) is 18.3. The number of carbonyl (C=O) groups is 5. The number of hydrogen-bond acceptors (Lipinski definition) is 6. The maximum atomic E-state index is 12.2. The smallest absolute Gasteiger partial charge is 0.335 e. The molecule has 0 bridgehead atoms. The molecule has 1 aromatic carbocycles. The van der Waals surface area contributed by atoms with Crippen LogP contribution < -0.4 is 15.4 Å². The van der Waals surface area contributed by atoms with Crippen LogP contribution in [0.3, 0.4) is 0 Å². The van der Waals surface area contributed by atoms with Gasteiger partial charge in [0.05, 0.1) is 18.1 Å². The Morgan fingerprint density at radius 2 is 1.32 bits per heavy atom. The standard InChI is InChI=1S/C30H46N2O9/c1-22(28(35)36)12-9-10-20-31-26(33)19-18-25(30(39)40)32-27(34)13-8-6-4-2-3-5-7-11-21-41-24-16-14-23(15-17-24)29(37)38/h14-17,22,25H,2-13,18-21H2,1H3,(H,31,33)(H,32,34)(H,35,36)(H,37,38)(H,39,40)/t22-,25-/m0/s1. The molecule has 2 atom stereocenters. The van der Waals surface area contributed by atoms with Crippen LogP contribution in [-0.4, -0.2) is 64.2 Å². The summed E-state index contributed by atoms with van der Waals surface area (Å²) in [7, 11) is 0. The molecule has 0 saturated carbocycles. The number of aliphatic carboxylic acids is 2.